The number of ether oxygens (including phenoxy) is 9. The Labute approximate surface area is 489 Å². The minimum Gasteiger partial charge on any atom is -0.479 e. The molecule has 9 rings (SSSR count). The van der Waals surface area contributed by atoms with Gasteiger partial charge in [0.25, 0.3) is 0 Å². The van der Waals surface area contributed by atoms with Crippen LogP contribution in [-0.2, 0) is 52.2 Å². The molecule has 5 aliphatic carbocycles. The molecular formula is C59H94O25. The van der Waals surface area contributed by atoms with Gasteiger partial charge in [-0.15, -0.1) is 0 Å². The van der Waals surface area contributed by atoms with Crippen molar-refractivity contribution in [2.24, 2.45) is 50.2 Å². The topological polar surface area (TPSA) is 400 Å². The van der Waals surface area contributed by atoms with E-state index in [0.29, 0.717) is 56.9 Å². The number of rotatable bonds is 14. The summed E-state index contributed by atoms with van der Waals surface area (Å²) in [5.74, 6) is -2.53. The fraction of sp³-hybridized carbons (Fsp3) is 0.898. The lowest BCUT2D eigenvalue weighted by Gasteiger charge is -2.72. The molecule has 4 heterocycles. The van der Waals surface area contributed by atoms with Gasteiger partial charge in [-0.3, -0.25) is 0 Å². The fourth-order valence-electron chi connectivity index (χ4n) is 17.3. The zero-order chi connectivity index (χ0) is 61.9. The Bertz CT molecular complexity index is 2420. The summed E-state index contributed by atoms with van der Waals surface area (Å²) in [7, 11) is 0. The molecule has 0 amide bonds. The molecule has 14 N–H and O–H groups in total. The van der Waals surface area contributed by atoms with Crippen LogP contribution >= 0.6 is 0 Å². The molecule has 0 aromatic rings. The van der Waals surface area contributed by atoms with Gasteiger partial charge in [-0.05, 0) is 117 Å². The van der Waals surface area contributed by atoms with Crippen molar-refractivity contribution in [3.05, 3.63) is 23.3 Å². The van der Waals surface area contributed by atoms with Crippen LogP contribution in [0.4, 0.5) is 0 Å². The van der Waals surface area contributed by atoms with E-state index < -0.39 is 188 Å². The van der Waals surface area contributed by atoms with E-state index in [4.69, 9.17) is 42.6 Å². The summed E-state index contributed by atoms with van der Waals surface area (Å²) in [6, 6.07) is 0. The van der Waals surface area contributed by atoms with E-state index in [9.17, 15) is 81.1 Å². The highest BCUT2D eigenvalue weighted by Crippen LogP contribution is 2.76. The molecule has 0 spiro atoms. The van der Waals surface area contributed by atoms with Gasteiger partial charge in [-0.25, -0.2) is 9.59 Å². The standard InChI is InChI=1S/C59H94O25/c1-11-24(2)49(75)79-34-20-54(4,5)18-27-26-12-13-31-56(8)16-15-33(55(6,7)30(56)14-17-57(31,9)58(26,10)19-32(63)59(27,34)23-62)80-53-47(84-51-42(71)39(68)36(65)28(21-60)77-51)44(43(72)45(82-53)48(73)74)81-52-46(40(69)37(66)29(22-61)78-52)83-50-41(70)38(67)35(64)25(3)76-50/h11-12,25,27-47,50-53,60-72H,13-23H2,1-10H3,(H,73,74)/b24-11+/t25-,27-,28+,29+,30?,31+,32+,33-,34-,35-,36+,37-,38+,39-,40-,41+,42+,43-,44-,45-,46+,47+,50-,51-,52-,53+,56-,57+,58+,59-/m0/s1. The molecule has 0 bridgehead atoms. The van der Waals surface area contributed by atoms with E-state index in [1.54, 1.807) is 19.9 Å². The first-order valence-electron chi connectivity index (χ1n) is 29.9. The van der Waals surface area contributed by atoms with Gasteiger partial charge in [-0.2, -0.15) is 0 Å². The highest BCUT2D eigenvalue weighted by Gasteiger charge is 2.72. The van der Waals surface area contributed by atoms with E-state index in [-0.39, 0.29) is 35.2 Å². The van der Waals surface area contributed by atoms with Crippen LogP contribution in [0.25, 0.3) is 0 Å². The van der Waals surface area contributed by atoms with Gasteiger partial charge in [0.15, 0.2) is 31.3 Å². The van der Waals surface area contributed by atoms with E-state index >= 15 is 0 Å². The van der Waals surface area contributed by atoms with E-state index in [2.05, 4.69) is 40.7 Å². The lowest BCUT2D eigenvalue weighted by molar-refractivity contribution is -0.406. The number of carbonyl (C=O) groups is 2. The summed E-state index contributed by atoms with van der Waals surface area (Å²) in [4.78, 5) is 26.7. The molecule has 0 radical (unpaired) electrons. The SMILES string of the molecule is C/C=C(\C)C(=O)O[C@H]1CC(C)(C)C[C@H]2C3=CC[C@@H]4[C@@]5(C)CC[C@H](O[C@@H]6O[C@H](C(=O)O)[C@@H](O)[C@H](O[C@@H]7O[C@H](CO)[C@H](O)[C@H](O)[C@H]7O[C@@H]7O[C@@H](C)[C@H](O)[C@@H](O)[C@H]7O)[C@H]6O[C@@H]6O[C@H](CO)[C@@H](O)[C@H](O)[C@H]6O)C(C)(C)C5CC[C@@]4(C)[C@]3(C)C[C@@H](O)[C@@]12CO. The van der Waals surface area contributed by atoms with Gasteiger partial charge in [0.05, 0.1) is 43.5 Å². The largest absolute Gasteiger partial charge is 0.479 e. The Balaban J connectivity index is 1.04. The first-order valence-corrected chi connectivity index (χ1v) is 29.9. The summed E-state index contributed by atoms with van der Waals surface area (Å²) >= 11 is 0. The van der Waals surface area contributed by atoms with Crippen molar-refractivity contribution >= 4 is 11.9 Å². The molecule has 4 aliphatic heterocycles. The Hall–Kier alpha value is -2.42. The van der Waals surface area contributed by atoms with E-state index in [1.165, 1.54) is 12.5 Å². The van der Waals surface area contributed by atoms with Crippen molar-refractivity contribution in [3.8, 4) is 0 Å². The van der Waals surface area contributed by atoms with Crippen LogP contribution in [-0.4, -0.2) is 244 Å². The maximum Gasteiger partial charge on any atom is 0.335 e. The molecule has 1 unspecified atom stereocenters. The number of carboxylic acid groups (broad SMARTS) is 1. The molecule has 4 saturated heterocycles. The zero-order valence-electron chi connectivity index (χ0n) is 49.7. The van der Waals surface area contributed by atoms with E-state index in [1.807, 2.05) is 13.8 Å². The second kappa shape index (κ2) is 24.1. The van der Waals surface area contributed by atoms with Gasteiger partial charge in [0.2, 0.25) is 0 Å². The van der Waals surface area contributed by atoms with Crippen LogP contribution in [0, 0.1) is 50.2 Å². The smallest absolute Gasteiger partial charge is 0.335 e. The third kappa shape index (κ3) is 10.8. The Morgan fingerprint density at radius 1 is 0.619 bits per heavy atom. The van der Waals surface area contributed by atoms with Crippen molar-refractivity contribution < 1.29 is 124 Å². The van der Waals surface area contributed by atoms with Crippen molar-refractivity contribution in [1.29, 1.82) is 0 Å². The van der Waals surface area contributed by atoms with Gasteiger partial charge < -0.3 is 114 Å². The number of esters is 1. The average molecular weight is 1200 g/mol. The number of allylic oxidation sites excluding steroid dienone is 3. The maximum absolute atomic E-state index is 13.4. The normalized spacial score (nSPS) is 51.9. The zero-order valence-corrected chi connectivity index (χ0v) is 49.7. The number of carbonyl (C=O) groups excluding carboxylic acids is 1. The molecule has 25 nitrogen and oxygen atoms in total. The molecule has 9 aliphatic rings. The number of aliphatic carboxylic acids is 1. The number of hydrogen-bond acceptors (Lipinski definition) is 24. The van der Waals surface area contributed by atoms with Gasteiger partial charge in [-0.1, -0.05) is 66.2 Å². The lowest BCUT2D eigenvalue weighted by atomic mass is 9.33. The van der Waals surface area contributed by atoms with Gasteiger partial charge in [0, 0.05) is 5.57 Å². The minimum absolute atomic E-state index is 0.0468. The summed E-state index contributed by atoms with van der Waals surface area (Å²) in [6.07, 6.45) is -31.8. The van der Waals surface area contributed by atoms with Gasteiger partial charge >= 0.3 is 11.9 Å². The predicted molar refractivity (Wildman–Crippen MR) is 288 cm³/mol. The summed E-state index contributed by atoms with van der Waals surface area (Å²) in [6.45, 7) is 17.8. The van der Waals surface area contributed by atoms with Crippen molar-refractivity contribution in [2.75, 3.05) is 19.8 Å². The Kier molecular flexibility index (Phi) is 18.9. The third-order valence-electron chi connectivity index (χ3n) is 22.5. The van der Waals surface area contributed by atoms with Crippen LogP contribution in [0.15, 0.2) is 23.3 Å². The molecule has 0 aromatic carbocycles. The number of hydrogen-bond donors (Lipinski definition) is 14. The fourth-order valence-corrected chi connectivity index (χ4v) is 17.3. The quantitative estimate of drug-likeness (QED) is 0.0430. The van der Waals surface area contributed by atoms with Crippen molar-refractivity contribution in [1.82, 2.24) is 0 Å². The first kappa shape index (κ1) is 66.0. The number of fused-ring (bicyclic) bond motifs is 7. The second-order valence-electron chi connectivity index (χ2n) is 27.9. The molecule has 84 heavy (non-hydrogen) atoms. The number of carboxylic acids is 1. The molecule has 480 valence electrons. The molecule has 4 saturated carbocycles. The summed E-state index contributed by atoms with van der Waals surface area (Å²) in [5.41, 5.74) is -1.94. The highest BCUT2D eigenvalue weighted by molar-refractivity contribution is 5.87. The molecule has 30 atom stereocenters. The third-order valence-corrected chi connectivity index (χ3v) is 22.5. The van der Waals surface area contributed by atoms with Crippen LogP contribution in [0.2, 0.25) is 0 Å². The summed E-state index contributed by atoms with van der Waals surface area (Å²) in [5, 5.41) is 155. The monoisotopic (exact) mass is 1200 g/mol. The maximum atomic E-state index is 13.4. The molecule has 8 fully saturated rings. The minimum atomic E-state index is -2.26. The predicted octanol–water partition coefficient (Wildman–Crippen LogP) is -0.983. The average Bonchev–Trinajstić information content (AvgIpc) is 0.685. The lowest BCUT2D eigenvalue weighted by Crippen LogP contribution is -2.70. The van der Waals surface area contributed by atoms with Gasteiger partial charge in [0.1, 0.15) is 91.6 Å². The molecule has 25 heteroatoms. The Morgan fingerprint density at radius 2 is 1.19 bits per heavy atom. The van der Waals surface area contributed by atoms with Crippen LogP contribution in [0.3, 0.4) is 0 Å². The number of aliphatic hydroxyl groups excluding tert-OH is 13. The number of aliphatic hydroxyl groups is 13. The van der Waals surface area contributed by atoms with Crippen molar-refractivity contribution in [2.45, 2.75) is 262 Å². The van der Waals surface area contributed by atoms with Crippen LogP contribution in [0.1, 0.15) is 121 Å². The van der Waals surface area contributed by atoms with Crippen LogP contribution in [0.5, 0.6) is 0 Å². The van der Waals surface area contributed by atoms with E-state index in [0.717, 1.165) is 0 Å². The Morgan fingerprint density at radius 3 is 1.80 bits per heavy atom. The molecular weight excluding hydrogens is 1110 g/mol. The second-order valence-corrected chi connectivity index (χ2v) is 27.9. The van der Waals surface area contributed by atoms with Crippen LogP contribution < -0.4 is 0 Å². The first-order chi connectivity index (χ1) is 39.2. The van der Waals surface area contributed by atoms with Crippen molar-refractivity contribution in [3.63, 3.8) is 0 Å². The summed E-state index contributed by atoms with van der Waals surface area (Å²) < 4.78 is 55.4. The molecule has 0 aromatic heterocycles. The highest BCUT2D eigenvalue weighted by atomic mass is 16.8.